The fourth-order valence-corrected chi connectivity index (χ4v) is 2.90. The Balaban J connectivity index is 2.09. The largest absolute Gasteiger partial charge is 0.465 e. The van der Waals surface area contributed by atoms with Crippen LogP contribution < -0.4 is 0 Å². The number of rotatable bonds is 3. The maximum absolute atomic E-state index is 13.0. The van der Waals surface area contributed by atoms with Gasteiger partial charge in [-0.3, -0.25) is 0 Å². The van der Waals surface area contributed by atoms with Gasteiger partial charge in [-0.1, -0.05) is 6.07 Å². The van der Waals surface area contributed by atoms with Gasteiger partial charge in [0.1, 0.15) is 0 Å². The highest BCUT2D eigenvalue weighted by atomic mass is 32.1. The molecule has 0 bridgehead atoms. The fraction of sp³-hybridized carbons (Fsp3) is 0.125. The molecule has 0 atom stereocenters. The number of methoxy groups -OCH3 is 1. The van der Waals surface area contributed by atoms with E-state index < -0.39 is 17.8 Å². The molecular weight excluding hydrogens is 341 g/mol. The van der Waals surface area contributed by atoms with Gasteiger partial charge in [-0.05, 0) is 41.8 Å². The van der Waals surface area contributed by atoms with Crippen molar-refractivity contribution in [2.45, 2.75) is 6.18 Å². The third-order valence-corrected chi connectivity index (χ3v) is 4.20. The highest BCUT2D eigenvalue weighted by molar-refractivity contribution is 7.13. The van der Waals surface area contributed by atoms with Crippen LogP contribution in [0, 0.1) is 0 Å². The number of hydrogen-bond acceptors (Lipinski definition) is 4. The second-order valence-electron chi connectivity index (χ2n) is 4.84. The van der Waals surface area contributed by atoms with Crippen LogP contribution in [0.3, 0.4) is 0 Å². The molecule has 0 amide bonds. The number of carbonyl (C=O) groups excluding carboxylic acids is 1. The zero-order valence-corrected chi connectivity index (χ0v) is 13.2. The fourth-order valence-electron chi connectivity index (χ4n) is 2.17. The standard InChI is InChI=1S/C16H11F3N2O2S/c1-23-15(22)10-4-6-11(7-5-10)21-12(13-3-2-8-24-13)9-14(20-21)16(17,18)19/h2-9H,1H3. The first kappa shape index (κ1) is 16.3. The van der Waals surface area contributed by atoms with Gasteiger partial charge >= 0.3 is 12.1 Å². The molecule has 0 spiro atoms. The molecule has 2 aromatic heterocycles. The first-order valence-corrected chi connectivity index (χ1v) is 7.68. The lowest BCUT2D eigenvalue weighted by atomic mass is 10.2. The smallest absolute Gasteiger partial charge is 0.435 e. The predicted octanol–water partition coefficient (Wildman–Crippen LogP) is 4.41. The predicted molar refractivity (Wildman–Crippen MR) is 83.2 cm³/mol. The summed E-state index contributed by atoms with van der Waals surface area (Å²) in [5.74, 6) is -0.517. The molecule has 2 heterocycles. The van der Waals surface area contributed by atoms with Crippen molar-refractivity contribution in [3.05, 3.63) is 59.1 Å². The highest BCUT2D eigenvalue weighted by Crippen LogP contribution is 2.34. The summed E-state index contributed by atoms with van der Waals surface area (Å²) in [4.78, 5) is 12.1. The van der Waals surface area contributed by atoms with Crippen molar-refractivity contribution in [2.24, 2.45) is 0 Å². The van der Waals surface area contributed by atoms with Crippen molar-refractivity contribution in [2.75, 3.05) is 7.11 Å². The van der Waals surface area contributed by atoms with E-state index in [2.05, 4.69) is 9.84 Å². The van der Waals surface area contributed by atoms with Gasteiger partial charge in [0.15, 0.2) is 5.69 Å². The summed E-state index contributed by atoms with van der Waals surface area (Å²) in [6, 6.07) is 10.5. The van der Waals surface area contributed by atoms with Crippen LogP contribution >= 0.6 is 11.3 Å². The number of thiophene rings is 1. The van der Waals surface area contributed by atoms with Crippen molar-refractivity contribution >= 4 is 17.3 Å². The molecule has 0 aliphatic heterocycles. The van der Waals surface area contributed by atoms with Crippen LogP contribution in [0.4, 0.5) is 13.2 Å². The molecule has 0 radical (unpaired) electrons. The quantitative estimate of drug-likeness (QED) is 0.656. The Morgan fingerprint density at radius 3 is 2.46 bits per heavy atom. The van der Waals surface area contributed by atoms with Crippen LogP contribution in [0.15, 0.2) is 47.8 Å². The Morgan fingerprint density at radius 2 is 1.92 bits per heavy atom. The summed E-state index contributed by atoms with van der Waals surface area (Å²) in [5.41, 5.74) is 0.0924. The van der Waals surface area contributed by atoms with Gasteiger partial charge in [-0.25, -0.2) is 9.48 Å². The van der Waals surface area contributed by atoms with E-state index in [0.29, 0.717) is 21.8 Å². The summed E-state index contributed by atoms with van der Waals surface area (Å²) in [6.07, 6.45) is -4.54. The molecule has 0 unspecified atom stereocenters. The molecule has 3 rings (SSSR count). The van der Waals surface area contributed by atoms with E-state index >= 15 is 0 Å². The normalized spacial score (nSPS) is 11.5. The Labute approximate surface area is 139 Å². The molecule has 0 aliphatic carbocycles. The van der Waals surface area contributed by atoms with E-state index in [-0.39, 0.29) is 0 Å². The van der Waals surface area contributed by atoms with Gasteiger partial charge in [0, 0.05) is 0 Å². The number of aromatic nitrogens is 2. The molecule has 1 aromatic carbocycles. The third kappa shape index (κ3) is 3.05. The van der Waals surface area contributed by atoms with Gasteiger partial charge in [0.2, 0.25) is 0 Å². The minimum Gasteiger partial charge on any atom is -0.465 e. The van der Waals surface area contributed by atoms with Crippen LogP contribution in [-0.2, 0) is 10.9 Å². The summed E-state index contributed by atoms with van der Waals surface area (Å²) >= 11 is 1.32. The molecule has 124 valence electrons. The Bertz CT molecular complexity index is 853. The minimum atomic E-state index is -4.54. The van der Waals surface area contributed by atoms with Crippen LogP contribution in [0.25, 0.3) is 16.3 Å². The number of esters is 1. The first-order valence-electron chi connectivity index (χ1n) is 6.80. The average Bonchev–Trinajstić information content (AvgIpc) is 3.22. The van der Waals surface area contributed by atoms with Gasteiger partial charge in [-0.15, -0.1) is 11.3 Å². The molecule has 0 saturated carbocycles. The van der Waals surface area contributed by atoms with E-state index in [1.165, 1.54) is 47.4 Å². The molecule has 8 heteroatoms. The molecule has 0 fully saturated rings. The number of hydrogen-bond donors (Lipinski definition) is 0. The van der Waals surface area contributed by atoms with E-state index in [1.54, 1.807) is 17.5 Å². The number of alkyl halides is 3. The number of carbonyl (C=O) groups is 1. The molecule has 3 aromatic rings. The SMILES string of the molecule is COC(=O)c1ccc(-n2nc(C(F)(F)F)cc2-c2cccs2)cc1. The van der Waals surface area contributed by atoms with Gasteiger partial charge in [0.25, 0.3) is 0 Å². The average molecular weight is 352 g/mol. The van der Waals surface area contributed by atoms with Gasteiger partial charge in [-0.2, -0.15) is 18.3 Å². The van der Waals surface area contributed by atoms with E-state index in [4.69, 9.17) is 0 Å². The first-order chi connectivity index (χ1) is 11.4. The number of ether oxygens (including phenoxy) is 1. The molecule has 0 aliphatic rings. The highest BCUT2D eigenvalue weighted by Gasteiger charge is 2.35. The molecule has 0 saturated heterocycles. The van der Waals surface area contributed by atoms with Crippen molar-refractivity contribution < 1.29 is 22.7 Å². The zero-order chi connectivity index (χ0) is 17.3. The van der Waals surface area contributed by atoms with Crippen LogP contribution in [0.1, 0.15) is 16.1 Å². The van der Waals surface area contributed by atoms with Crippen LogP contribution in [0.2, 0.25) is 0 Å². The van der Waals surface area contributed by atoms with E-state index in [0.717, 1.165) is 6.07 Å². The Morgan fingerprint density at radius 1 is 1.21 bits per heavy atom. The second-order valence-corrected chi connectivity index (χ2v) is 5.79. The van der Waals surface area contributed by atoms with Crippen LogP contribution in [0.5, 0.6) is 0 Å². The number of nitrogens with zero attached hydrogens (tertiary/aromatic N) is 2. The maximum atomic E-state index is 13.0. The minimum absolute atomic E-state index is 0.308. The number of benzene rings is 1. The lowest BCUT2D eigenvalue weighted by molar-refractivity contribution is -0.141. The lowest BCUT2D eigenvalue weighted by Gasteiger charge is -2.07. The van der Waals surface area contributed by atoms with E-state index in [1.807, 2.05) is 0 Å². The van der Waals surface area contributed by atoms with Crippen molar-refractivity contribution in [1.29, 1.82) is 0 Å². The zero-order valence-electron chi connectivity index (χ0n) is 12.4. The Kier molecular flexibility index (Phi) is 4.15. The second kappa shape index (κ2) is 6.12. The summed E-state index contributed by atoms with van der Waals surface area (Å²) < 4.78 is 44.9. The topological polar surface area (TPSA) is 44.1 Å². The van der Waals surface area contributed by atoms with Crippen molar-refractivity contribution in [1.82, 2.24) is 9.78 Å². The number of halogens is 3. The van der Waals surface area contributed by atoms with Gasteiger partial charge in [0.05, 0.1) is 28.9 Å². The van der Waals surface area contributed by atoms with Gasteiger partial charge < -0.3 is 4.74 Å². The molecule has 24 heavy (non-hydrogen) atoms. The molecule has 4 nitrogen and oxygen atoms in total. The summed E-state index contributed by atoms with van der Waals surface area (Å²) in [5, 5.41) is 5.46. The Hall–Kier alpha value is -2.61. The lowest BCUT2D eigenvalue weighted by Crippen LogP contribution is -2.07. The molecular formula is C16H11F3N2O2S. The summed E-state index contributed by atoms with van der Waals surface area (Å²) in [6.45, 7) is 0. The third-order valence-electron chi connectivity index (χ3n) is 3.31. The van der Waals surface area contributed by atoms with Crippen molar-refractivity contribution in [3.63, 3.8) is 0 Å². The molecule has 0 N–H and O–H groups in total. The maximum Gasteiger partial charge on any atom is 0.435 e. The van der Waals surface area contributed by atoms with Crippen LogP contribution in [-0.4, -0.2) is 22.9 Å². The van der Waals surface area contributed by atoms with E-state index in [9.17, 15) is 18.0 Å². The monoisotopic (exact) mass is 352 g/mol. The summed E-state index contributed by atoms with van der Waals surface area (Å²) in [7, 11) is 1.26. The van der Waals surface area contributed by atoms with Crippen molar-refractivity contribution in [3.8, 4) is 16.3 Å².